The Morgan fingerprint density at radius 2 is 1.76 bits per heavy atom. The third-order valence-electron chi connectivity index (χ3n) is 3.06. The van der Waals surface area contributed by atoms with Crippen molar-refractivity contribution in [3.63, 3.8) is 0 Å². The number of carbonyl (C=O) groups excluding carboxylic acids is 1. The molecule has 0 aliphatic carbocycles. The molecule has 0 aliphatic heterocycles. The Morgan fingerprint density at radius 3 is 2.33 bits per heavy atom. The first-order valence-corrected chi connectivity index (χ1v) is 9.13. The van der Waals surface area contributed by atoms with Gasteiger partial charge in [0.1, 0.15) is 0 Å². The van der Waals surface area contributed by atoms with Gasteiger partial charge in [-0.25, -0.2) is 13.1 Å². The van der Waals surface area contributed by atoms with Crippen LogP contribution in [0.3, 0.4) is 0 Å². The summed E-state index contributed by atoms with van der Waals surface area (Å²) < 4.78 is 24.3. The Kier molecular flexibility index (Phi) is 7.39. The zero-order chi connectivity index (χ0) is 15.7. The average molecular weight is 312 g/mol. The van der Waals surface area contributed by atoms with Gasteiger partial charge in [0, 0.05) is 18.7 Å². The van der Waals surface area contributed by atoms with Crippen molar-refractivity contribution in [3.8, 4) is 0 Å². The molecule has 0 unspecified atom stereocenters. The van der Waals surface area contributed by atoms with Gasteiger partial charge in [0.15, 0.2) is 0 Å². The molecule has 0 heterocycles. The molecule has 0 saturated carbocycles. The van der Waals surface area contributed by atoms with E-state index >= 15 is 0 Å². The minimum Gasteiger partial charge on any atom is -0.352 e. The molecule has 118 valence electrons. The van der Waals surface area contributed by atoms with Crippen molar-refractivity contribution in [2.45, 2.75) is 32.6 Å². The van der Waals surface area contributed by atoms with E-state index in [0.717, 1.165) is 31.1 Å². The Balaban J connectivity index is 2.40. The van der Waals surface area contributed by atoms with Crippen molar-refractivity contribution in [3.05, 3.63) is 35.4 Å². The maximum Gasteiger partial charge on any atom is 0.251 e. The fourth-order valence-corrected chi connectivity index (χ4v) is 2.36. The van der Waals surface area contributed by atoms with Crippen LogP contribution in [-0.4, -0.2) is 33.7 Å². The normalized spacial score (nSPS) is 11.3. The SMILES string of the molecule is CCCCCNC(=O)c1ccc(CCNS(C)(=O)=O)cc1. The van der Waals surface area contributed by atoms with Gasteiger partial charge in [-0.3, -0.25) is 4.79 Å². The quantitative estimate of drug-likeness (QED) is 0.682. The first-order valence-electron chi connectivity index (χ1n) is 7.24. The van der Waals surface area contributed by atoms with Gasteiger partial charge >= 0.3 is 0 Å². The average Bonchev–Trinajstić information content (AvgIpc) is 2.43. The van der Waals surface area contributed by atoms with E-state index in [1.54, 1.807) is 12.1 Å². The van der Waals surface area contributed by atoms with E-state index in [2.05, 4.69) is 17.0 Å². The van der Waals surface area contributed by atoms with Crippen LogP contribution in [0.25, 0.3) is 0 Å². The molecule has 0 bridgehead atoms. The Morgan fingerprint density at radius 1 is 1.10 bits per heavy atom. The van der Waals surface area contributed by atoms with E-state index in [0.29, 0.717) is 25.1 Å². The molecule has 1 rings (SSSR count). The van der Waals surface area contributed by atoms with Gasteiger partial charge < -0.3 is 5.32 Å². The number of carbonyl (C=O) groups is 1. The second-order valence-corrected chi connectivity index (χ2v) is 6.91. The minimum absolute atomic E-state index is 0.0630. The van der Waals surface area contributed by atoms with Crippen LogP contribution in [0.1, 0.15) is 42.1 Å². The van der Waals surface area contributed by atoms with Crippen molar-refractivity contribution < 1.29 is 13.2 Å². The molecule has 6 heteroatoms. The third-order valence-corrected chi connectivity index (χ3v) is 3.79. The summed E-state index contributed by atoms with van der Waals surface area (Å²) in [4.78, 5) is 11.9. The fourth-order valence-electron chi connectivity index (χ4n) is 1.88. The number of amides is 1. The van der Waals surface area contributed by atoms with E-state index in [1.165, 1.54) is 0 Å². The summed E-state index contributed by atoms with van der Waals surface area (Å²) in [6.45, 7) is 3.19. The topological polar surface area (TPSA) is 75.3 Å². The highest BCUT2D eigenvalue weighted by Gasteiger charge is 2.05. The number of sulfonamides is 1. The smallest absolute Gasteiger partial charge is 0.251 e. The lowest BCUT2D eigenvalue weighted by Crippen LogP contribution is -2.25. The summed E-state index contributed by atoms with van der Waals surface area (Å²) in [7, 11) is -3.15. The van der Waals surface area contributed by atoms with Crippen LogP contribution in [0, 0.1) is 0 Å². The molecule has 5 nitrogen and oxygen atoms in total. The van der Waals surface area contributed by atoms with Crippen molar-refractivity contribution in [2.75, 3.05) is 19.3 Å². The highest BCUT2D eigenvalue weighted by atomic mass is 32.2. The van der Waals surface area contributed by atoms with Crippen LogP contribution < -0.4 is 10.0 Å². The molecule has 0 saturated heterocycles. The molecular formula is C15H24N2O3S. The highest BCUT2D eigenvalue weighted by molar-refractivity contribution is 7.88. The van der Waals surface area contributed by atoms with Crippen molar-refractivity contribution in [2.24, 2.45) is 0 Å². The van der Waals surface area contributed by atoms with E-state index < -0.39 is 10.0 Å². The molecule has 2 N–H and O–H groups in total. The lowest BCUT2D eigenvalue weighted by atomic mass is 10.1. The second-order valence-electron chi connectivity index (χ2n) is 5.08. The standard InChI is InChI=1S/C15H24N2O3S/c1-3-4-5-11-16-15(18)14-8-6-13(7-9-14)10-12-17-21(2,19)20/h6-9,17H,3-5,10-12H2,1-2H3,(H,16,18). The van der Waals surface area contributed by atoms with Gasteiger partial charge in [0.2, 0.25) is 10.0 Å². The van der Waals surface area contributed by atoms with Crippen LogP contribution in [0.5, 0.6) is 0 Å². The van der Waals surface area contributed by atoms with Gasteiger partial charge in [-0.1, -0.05) is 31.9 Å². The first-order chi connectivity index (χ1) is 9.92. The summed E-state index contributed by atoms with van der Waals surface area (Å²) in [6.07, 6.45) is 4.99. The maximum absolute atomic E-state index is 11.9. The largest absolute Gasteiger partial charge is 0.352 e. The van der Waals surface area contributed by atoms with Crippen LogP contribution in [0.15, 0.2) is 24.3 Å². The maximum atomic E-state index is 11.9. The molecule has 0 aromatic heterocycles. The molecule has 1 aromatic rings. The van der Waals surface area contributed by atoms with Crippen LogP contribution in [-0.2, 0) is 16.4 Å². The second kappa shape index (κ2) is 8.79. The van der Waals surface area contributed by atoms with Gasteiger partial charge in [-0.15, -0.1) is 0 Å². The summed E-state index contributed by atoms with van der Waals surface area (Å²) in [6, 6.07) is 7.24. The molecule has 1 aromatic carbocycles. The number of unbranched alkanes of at least 4 members (excludes halogenated alkanes) is 2. The van der Waals surface area contributed by atoms with Crippen molar-refractivity contribution in [1.82, 2.24) is 10.0 Å². The molecule has 1 amide bonds. The zero-order valence-electron chi connectivity index (χ0n) is 12.7. The number of hydrogen-bond acceptors (Lipinski definition) is 3. The Labute approximate surface area is 127 Å². The molecular weight excluding hydrogens is 288 g/mol. The van der Waals surface area contributed by atoms with Gasteiger partial charge in [-0.05, 0) is 30.5 Å². The number of rotatable bonds is 9. The summed E-state index contributed by atoms with van der Waals surface area (Å²) in [5.74, 6) is -0.0630. The lowest BCUT2D eigenvalue weighted by molar-refractivity contribution is 0.0953. The highest BCUT2D eigenvalue weighted by Crippen LogP contribution is 2.05. The molecule has 0 radical (unpaired) electrons. The summed E-state index contributed by atoms with van der Waals surface area (Å²) >= 11 is 0. The summed E-state index contributed by atoms with van der Waals surface area (Å²) in [5, 5.41) is 2.89. The van der Waals surface area contributed by atoms with E-state index in [4.69, 9.17) is 0 Å². The monoisotopic (exact) mass is 312 g/mol. The van der Waals surface area contributed by atoms with Gasteiger partial charge in [0.05, 0.1) is 6.26 Å². The molecule has 21 heavy (non-hydrogen) atoms. The van der Waals surface area contributed by atoms with Crippen molar-refractivity contribution >= 4 is 15.9 Å². The van der Waals surface area contributed by atoms with Gasteiger partial charge in [-0.2, -0.15) is 0 Å². The first kappa shape index (κ1) is 17.7. The Bertz CT molecular complexity index is 539. The van der Waals surface area contributed by atoms with Crippen LogP contribution in [0.2, 0.25) is 0 Å². The summed E-state index contributed by atoms with van der Waals surface area (Å²) in [5.41, 5.74) is 1.63. The van der Waals surface area contributed by atoms with Crippen LogP contribution >= 0.6 is 0 Å². The number of nitrogens with one attached hydrogen (secondary N) is 2. The number of hydrogen-bond donors (Lipinski definition) is 2. The molecule has 0 atom stereocenters. The third kappa shape index (κ3) is 7.82. The lowest BCUT2D eigenvalue weighted by Gasteiger charge is -2.06. The van der Waals surface area contributed by atoms with E-state index in [9.17, 15) is 13.2 Å². The van der Waals surface area contributed by atoms with Gasteiger partial charge in [0.25, 0.3) is 5.91 Å². The Hall–Kier alpha value is -1.40. The van der Waals surface area contributed by atoms with E-state index in [1.807, 2.05) is 12.1 Å². The van der Waals surface area contributed by atoms with Crippen molar-refractivity contribution in [1.29, 1.82) is 0 Å². The van der Waals surface area contributed by atoms with E-state index in [-0.39, 0.29) is 5.91 Å². The molecule has 0 fully saturated rings. The number of benzene rings is 1. The predicted octanol–water partition coefficient (Wildman–Crippen LogP) is 1.70. The minimum atomic E-state index is -3.15. The molecule has 0 aliphatic rings. The predicted molar refractivity (Wildman–Crippen MR) is 84.9 cm³/mol. The fraction of sp³-hybridized carbons (Fsp3) is 0.533. The van der Waals surface area contributed by atoms with Crippen LogP contribution in [0.4, 0.5) is 0 Å². The molecule has 0 spiro atoms. The zero-order valence-corrected chi connectivity index (χ0v) is 13.5.